The Labute approximate surface area is 76.7 Å². The summed E-state index contributed by atoms with van der Waals surface area (Å²) in [7, 11) is 1.56. The lowest BCUT2D eigenvalue weighted by Crippen LogP contribution is -1.91. The number of methoxy groups -OCH3 is 1. The van der Waals surface area contributed by atoms with Gasteiger partial charge in [0.05, 0.1) is 18.2 Å². The van der Waals surface area contributed by atoms with Crippen LogP contribution in [-0.4, -0.2) is 12.2 Å². The summed E-state index contributed by atoms with van der Waals surface area (Å²) in [5.74, 6) is 0.626. The van der Waals surface area contributed by atoms with E-state index in [9.17, 15) is 5.11 Å². The molecule has 1 aromatic rings. The fourth-order valence-corrected chi connectivity index (χ4v) is 1.21. The van der Waals surface area contributed by atoms with Gasteiger partial charge in [-0.1, -0.05) is 17.7 Å². The number of benzene rings is 1. The van der Waals surface area contributed by atoms with Crippen LogP contribution in [0.25, 0.3) is 0 Å². The minimum atomic E-state index is -0.492. The largest absolute Gasteiger partial charge is 0.495 e. The average Bonchev–Trinajstić information content (AvgIpc) is 2.04. The summed E-state index contributed by atoms with van der Waals surface area (Å²) in [5, 5.41) is 9.74. The molecule has 0 spiro atoms. The van der Waals surface area contributed by atoms with Gasteiger partial charge in [-0.05, 0) is 24.6 Å². The fourth-order valence-electron chi connectivity index (χ4n) is 0.942. The summed E-state index contributed by atoms with van der Waals surface area (Å²) in [5.41, 5.74) is 0.792. The highest BCUT2D eigenvalue weighted by atomic mass is 35.5. The summed E-state index contributed by atoms with van der Waals surface area (Å²) in [6, 6.07) is 5.23. The van der Waals surface area contributed by atoms with Crippen LogP contribution >= 0.6 is 11.6 Å². The SMILES string of the molecule is COc1ccc([C@@H](C)O)cc1Cl. The lowest BCUT2D eigenvalue weighted by molar-refractivity contribution is 0.199. The maximum absolute atomic E-state index is 9.21. The number of aliphatic hydroxyl groups is 1. The molecule has 0 unspecified atom stereocenters. The van der Waals surface area contributed by atoms with Crippen LogP contribution in [0, 0.1) is 0 Å². The van der Waals surface area contributed by atoms with Gasteiger partial charge in [-0.3, -0.25) is 0 Å². The van der Waals surface area contributed by atoms with E-state index in [1.807, 2.05) is 0 Å². The average molecular weight is 187 g/mol. The topological polar surface area (TPSA) is 29.5 Å². The molecule has 1 rings (SSSR count). The number of ether oxygens (including phenoxy) is 1. The lowest BCUT2D eigenvalue weighted by Gasteiger charge is -2.07. The van der Waals surface area contributed by atoms with E-state index in [4.69, 9.17) is 16.3 Å². The Balaban J connectivity index is 3.02. The first kappa shape index (κ1) is 9.36. The van der Waals surface area contributed by atoms with Crippen molar-refractivity contribution in [2.24, 2.45) is 0 Å². The minimum Gasteiger partial charge on any atom is -0.495 e. The van der Waals surface area contributed by atoms with E-state index in [0.717, 1.165) is 5.56 Å². The van der Waals surface area contributed by atoms with Crippen molar-refractivity contribution in [3.05, 3.63) is 28.8 Å². The first-order valence-electron chi connectivity index (χ1n) is 3.66. The van der Waals surface area contributed by atoms with Gasteiger partial charge in [0.15, 0.2) is 0 Å². The molecule has 0 aliphatic rings. The zero-order chi connectivity index (χ0) is 9.14. The Morgan fingerprint density at radius 1 is 1.50 bits per heavy atom. The minimum absolute atomic E-state index is 0.492. The number of halogens is 1. The van der Waals surface area contributed by atoms with Crippen LogP contribution in [0.5, 0.6) is 5.75 Å². The third-order valence-corrected chi connectivity index (χ3v) is 1.95. The van der Waals surface area contributed by atoms with Crippen molar-refractivity contribution in [1.82, 2.24) is 0 Å². The third-order valence-electron chi connectivity index (χ3n) is 1.66. The van der Waals surface area contributed by atoms with Gasteiger partial charge in [0, 0.05) is 0 Å². The number of hydrogen-bond acceptors (Lipinski definition) is 2. The van der Waals surface area contributed by atoms with Crippen molar-refractivity contribution in [3.63, 3.8) is 0 Å². The molecule has 0 fully saturated rings. The normalized spacial score (nSPS) is 12.7. The monoisotopic (exact) mass is 186 g/mol. The predicted molar refractivity (Wildman–Crippen MR) is 48.6 cm³/mol. The number of aliphatic hydroxyl groups excluding tert-OH is 1. The van der Waals surface area contributed by atoms with E-state index >= 15 is 0 Å². The Hall–Kier alpha value is -0.730. The van der Waals surface area contributed by atoms with Crippen LogP contribution in [0.1, 0.15) is 18.6 Å². The van der Waals surface area contributed by atoms with Gasteiger partial charge in [0.25, 0.3) is 0 Å². The standard InChI is InChI=1S/C9H11ClO2/c1-6(11)7-3-4-9(12-2)8(10)5-7/h3-6,11H,1-2H3/t6-/m1/s1. The highest BCUT2D eigenvalue weighted by Crippen LogP contribution is 2.27. The zero-order valence-corrected chi connectivity index (χ0v) is 7.80. The Bertz CT molecular complexity index is 271. The van der Waals surface area contributed by atoms with Gasteiger partial charge < -0.3 is 9.84 Å². The molecule has 1 N–H and O–H groups in total. The second-order valence-electron chi connectivity index (χ2n) is 2.57. The van der Waals surface area contributed by atoms with E-state index < -0.39 is 6.10 Å². The van der Waals surface area contributed by atoms with Gasteiger partial charge in [-0.2, -0.15) is 0 Å². The van der Waals surface area contributed by atoms with Crippen molar-refractivity contribution in [3.8, 4) is 5.75 Å². The van der Waals surface area contributed by atoms with Crippen LogP contribution in [0.4, 0.5) is 0 Å². The molecule has 1 atom stereocenters. The molecule has 0 radical (unpaired) electrons. The van der Waals surface area contributed by atoms with Gasteiger partial charge >= 0.3 is 0 Å². The Morgan fingerprint density at radius 3 is 2.58 bits per heavy atom. The van der Waals surface area contributed by atoms with Gasteiger partial charge in [0.2, 0.25) is 0 Å². The van der Waals surface area contributed by atoms with E-state index in [2.05, 4.69) is 0 Å². The van der Waals surface area contributed by atoms with Gasteiger partial charge in [-0.25, -0.2) is 0 Å². The second-order valence-corrected chi connectivity index (χ2v) is 2.98. The molecule has 0 bridgehead atoms. The van der Waals surface area contributed by atoms with Gasteiger partial charge in [0.1, 0.15) is 5.75 Å². The Morgan fingerprint density at radius 2 is 2.17 bits per heavy atom. The molecule has 0 saturated carbocycles. The van der Waals surface area contributed by atoms with E-state index in [1.165, 1.54) is 0 Å². The van der Waals surface area contributed by atoms with Crippen molar-refractivity contribution in [2.45, 2.75) is 13.0 Å². The van der Waals surface area contributed by atoms with Crippen molar-refractivity contribution < 1.29 is 9.84 Å². The highest BCUT2D eigenvalue weighted by Gasteiger charge is 2.04. The van der Waals surface area contributed by atoms with Crippen molar-refractivity contribution >= 4 is 11.6 Å². The van der Waals surface area contributed by atoms with Crippen LogP contribution < -0.4 is 4.74 Å². The molecular weight excluding hydrogens is 176 g/mol. The summed E-state index contributed by atoms with van der Waals surface area (Å²) in [6.45, 7) is 1.69. The summed E-state index contributed by atoms with van der Waals surface area (Å²) in [6.07, 6.45) is -0.492. The molecule has 66 valence electrons. The molecule has 0 amide bonds. The summed E-state index contributed by atoms with van der Waals surface area (Å²) in [4.78, 5) is 0. The smallest absolute Gasteiger partial charge is 0.137 e. The fraction of sp³-hybridized carbons (Fsp3) is 0.333. The van der Waals surface area contributed by atoms with Crippen LogP contribution in [0.2, 0.25) is 5.02 Å². The molecule has 0 aliphatic heterocycles. The maximum Gasteiger partial charge on any atom is 0.137 e. The molecule has 2 nitrogen and oxygen atoms in total. The second kappa shape index (κ2) is 3.78. The molecular formula is C9H11ClO2. The summed E-state index contributed by atoms with van der Waals surface area (Å²) < 4.78 is 4.97. The Kier molecular flexibility index (Phi) is 2.95. The molecule has 1 aromatic carbocycles. The quantitative estimate of drug-likeness (QED) is 0.769. The first-order chi connectivity index (χ1) is 5.65. The van der Waals surface area contributed by atoms with E-state index in [-0.39, 0.29) is 0 Å². The van der Waals surface area contributed by atoms with E-state index in [0.29, 0.717) is 10.8 Å². The molecule has 12 heavy (non-hydrogen) atoms. The molecule has 0 aromatic heterocycles. The third kappa shape index (κ3) is 1.90. The molecule has 0 heterocycles. The molecule has 0 saturated heterocycles. The maximum atomic E-state index is 9.21. The number of rotatable bonds is 2. The van der Waals surface area contributed by atoms with Gasteiger partial charge in [-0.15, -0.1) is 0 Å². The van der Waals surface area contributed by atoms with E-state index in [1.54, 1.807) is 32.2 Å². The van der Waals surface area contributed by atoms with Crippen LogP contribution in [0.3, 0.4) is 0 Å². The summed E-state index contributed by atoms with van der Waals surface area (Å²) >= 11 is 5.84. The molecule has 3 heteroatoms. The van der Waals surface area contributed by atoms with Crippen LogP contribution in [0.15, 0.2) is 18.2 Å². The zero-order valence-electron chi connectivity index (χ0n) is 7.04. The highest BCUT2D eigenvalue weighted by molar-refractivity contribution is 6.32. The number of hydrogen-bond donors (Lipinski definition) is 1. The van der Waals surface area contributed by atoms with Crippen molar-refractivity contribution in [2.75, 3.05) is 7.11 Å². The predicted octanol–water partition coefficient (Wildman–Crippen LogP) is 2.40. The first-order valence-corrected chi connectivity index (χ1v) is 4.04. The van der Waals surface area contributed by atoms with Crippen LogP contribution in [-0.2, 0) is 0 Å². The van der Waals surface area contributed by atoms with Crippen molar-refractivity contribution in [1.29, 1.82) is 0 Å². The lowest BCUT2D eigenvalue weighted by atomic mass is 10.1. The molecule has 0 aliphatic carbocycles.